The number of oxazole rings is 1. The van der Waals surface area contributed by atoms with E-state index in [9.17, 15) is 31.6 Å². The van der Waals surface area contributed by atoms with Crippen molar-refractivity contribution < 1.29 is 30.8 Å². The minimum absolute atomic E-state index is 0.0269. The molecular weight excluding hydrogens is 567 g/mol. The molecule has 3 aliphatic rings. The summed E-state index contributed by atoms with van der Waals surface area (Å²) in [6, 6.07) is 14.9. The van der Waals surface area contributed by atoms with Crippen molar-refractivity contribution in [3.63, 3.8) is 0 Å². The number of hydrogen-bond acceptors (Lipinski definition) is 7. The molecule has 2 saturated carbocycles. The lowest BCUT2D eigenvalue weighted by molar-refractivity contribution is -0.129. The predicted molar refractivity (Wildman–Crippen MR) is 150 cm³/mol. The summed E-state index contributed by atoms with van der Waals surface area (Å²) in [7, 11) is -3.04. The number of ketones is 1. The Hall–Kier alpha value is -3.65. The molecule has 1 aliphatic heterocycles. The number of rotatable bonds is 7. The topological polar surface area (TPSA) is 104 Å². The maximum absolute atomic E-state index is 14.9. The second kappa shape index (κ2) is 10.6. The molecule has 42 heavy (non-hydrogen) atoms. The molecule has 6 rings (SSSR count). The summed E-state index contributed by atoms with van der Waals surface area (Å²) < 4.78 is 73.3. The molecule has 1 aromatic heterocycles. The number of benzene rings is 2. The molecule has 0 bridgehead atoms. The first-order valence-electron chi connectivity index (χ1n) is 14.1. The van der Waals surface area contributed by atoms with E-state index in [1.807, 2.05) is 17.0 Å². The maximum atomic E-state index is 14.9. The number of carbonyl (C=O) groups excluding carboxylic acids is 1. The third-order valence-corrected chi connectivity index (χ3v) is 10.4. The Morgan fingerprint density at radius 3 is 2.29 bits per heavy atom. The Morgan fingerprint density at radius 1 is 1.02 bits per heavy atom. The zero-order valence-corrected chi connectivity index (χ0v) is 23.7. The first kappa shape index (κ1) is 28.5. The predicted octanol–water partition coefficient (Wildman–Crippen LogP) is 6.16. The van der Waals surface area contributed by atoms with E-state index in [-0.39, 0.29) is 41.8 Å². The summed E-state index contributed by atoms with van der Waals surface area (Å²) in [6.07, 6.45) is 0.245. The Bertz CT molecular complexity index is 1630. The Balaban J connectivity index is 1.38. The van der Waals surface area contributed by atoms with Crippen molar-refractivity contribution in [3.05, 3.63) is 60.1 Å². The molecule has 2 atom stereocenters. The average molecular weight is 598 g/mol. The fourth-order valence-corrected chi connectivity index (χ4v) is 7.25. The zero-order chi connectivity index (χ0) is 29.7. The zero-order valence-electron chi connectivity index (χ0n) is 22.9. The van der Waals surface area contributed by atoms with Crippen molar-refractivity contribution in [3.8, 4) is 28.8 Å². The van der Waals surface area contributed by atoms with E-state index in [1.54, 1.807) is 12.1 Å². The van der Waals surface area contributed by atoms with Gasteiger partial charge in [0.15, 0.2) is 9.84 Å². The van der Waals surface area contributed by atoms with Crippen molar-refractivity contribution in [2.24, 2.45) is 11.3 Å². The number of nitriles is 1. The number of Topliss-reactive ketones (excluding diaryl/α,β-unsaturated/α-hetero) is 1. The van der Waals surface area contributed by atoms with Gasteiger partial charge in [-0.3, -0.25) is 4.79 Å². The first-order valence-corrected chi connectivity index (χ1v) is 15.9. The van der Waals surface area contributed by atoms with Crippen LogP contribution >= 0.6 is 0 Å². The van der Waals surface area contributed by atoms with Crippen LogP contribution in [0.5, 0.6) is 0 Å². The highest BCUT2D eigenvalue weighted by Crippen LogP contribution is 2.53. The largest absolute Gasteiger partial charge is 0.440 e. The van der Waals surface area contributed by atoms with Gasteiger partial charge in [-0.2, -0.15) is 5.26 Å². The van der Waals surface area contributed by atoms with Gasteiger partial charge in [0, 0.05) is 61.0 Å². The van der Waals surface area contributed by atoms with Gasteiger partial charge in [0.25, 0.3) is 0 Å². The van der Waals surface area contributed by atoms with Crippen LogP contribution in [0.1, 0.15) is 50.2 Å². The number of alkyl halides is 2. The molecule has 0 N–H and O–H groups in total. The fraction of sp³-hybridized carbons (Fsp3) is 0.452. The molecule has 2 aliphatic carbocycles. The van der Waals surface area contributed by atoms with Crippen LogP contribution in [-0.4, -0.2) is 49.7 Å². The maximum Gasteiger partial charge on any atom is 0.248 e. The molecule has 3 fully saturated rings. The lowest BCUT2D eigenvalue weighted by Gasteiger charge is -2.34. The van der Waals surface area contributed by atoms with Crippen LogP contribution in [0.15, 0.2) is 52.9 Å². The molecule has 0 amide bonds. The molecule has 0 radical (unpaired) electrons. The van der Waals surface area contributed by atoms with E-state index < -0.39 is 51.7 Å². The van der Waals surface area contributed by atoms with Crippen molar-refractivity contribution >= 4 is 21.3 Å². The van der Waals surface area contributed by atoms with Gasteiger partial charge in [0.05, 0.1) is 23.0 Å². The molecule has 1 saturated heterocycles. The third-order valence-electron chi connectivity index (χ3n) is 8.77. The lowest BCUT2D eigenvalue weighted by Crippen LogP contribution is -2.40. The van der Waals surface area contributed by atoms with E-state index in [1.165, 1.54) is 24.3 Å². The molecule has 2 aromatic carbocycles. The van der Waals surface area contributed by atoms with E-state index >= 15 is 0 Å². The SMILES string of the molecule is N#CC1(CC(=O)[C@@H]2CCC(F)(F)C[C@H]2c2oc(-c3ccc(F)cc3)nc2-c2ccc(N3CCS(=O)(=O)CC3)cc2)CC1. The highest BCUT2D eigenvalue weighted by molar-refractivity contribution is 7.91. The minimum atomic E-state index is -3.04. The van der Waals surface area contributed by atoms with Gasteiger partial charge < -0.3 is 9.32 Å². The van der Waals surface area contributed by atoms with E-state index in [0.29, 0.717) is 42.8 Å². The second-order valence-electron chi connectivity index (χ2n) is 11.8. The van der Waals surface area contributed by atoms with Crippen LogP contribution in [0.4, 0.5) is 18.9 Å². The monoisotopic (exact) mass is 597 g/mol. The molecule has 220 valence electrons. The summed E-state index contributed by atoms with van der Waals surface area (Å²) in [5, 5.41) is 9.54. The standard InChI is InChI=1S/C31H30F3N3O4S/c32-22-5-1-21(2-6-22)29-36-27(20-3-7-23(8-4-20)37-13-15-42(39,40)16-14-37)28(41-29)25-17-31(33,34)10-9-24(25)26(38)18-30(19-35)11-12-30/h1-8,24-25H,9-18H2/t24-,25-/m1/s1. The quantitative estimate of drug-likeness (QED) is 0.321. The summed E-state index contributed by atoms with van der Waals surface area (Å²) in [5.74, 6) is -4.94. The molecule has 7 nitrogen and oxygen atoms in total. The van der Waals surface area contributed by atoms with Gasteiger partial charge in [0.1, 0.15) is 23.1 Å². The van der Waals surface area contributed by atoms with Gasteiger partial charge >= 0.3 is 0 Å². The first-order chi connectivity index (χ1) is 20.0. The van der Waals surface area contributed by atoms with Gasteiger partial charge in [0.2, 0.25) is 11.8 Å². The Labute approximate surface area is 242 Å². The number of anilines is 1. The molecule has 3 aromatic rings. The Kier molecular flexibility index (Phi) is 7.16. The van der Waals surface area contributed by atoms with E-state index in [2.05, 4.69) is 11.1 Å². The van der Waals surface area contributed by atoms with E-state index in [0.717, 1.165) is 5.69 Å². The normalized spacial score (nSPS) is 24.1. The number of halogens is 3. The molecule has 2 heterocycles. The van der Waals surface area contributed by atoms with Gasteiger partial charge in [-0.25, -0.2) is 26.6 Å². The molecule has 0 unspecified atom stereocenters. The highest BCUT2D eigenvalue weighted by atomic mass is 32.2. The molecule has 0 spiro atoms. The van der Waals surface area contributed by atoms with Crippen molar-refractivity contribution in [2.45, 2.75) is 50.4 Å². The summed E-state index contributed by atoms with van der Waals surface area (Å²) in [6.45, 7) is 0.744. The average Bonchev–Trinajstić information content (AvgIpc) is 3.59. The van der Waals surface area contributed by atoms with Gasteiger partial charge in [-0.05, 0) is 55.7 Å². The van der Waals surface area contributed by atoms with Crippen molar-refractivity contribution in [2.75, 3.05) is 29.5 Å². The third kappa shape index (κ3) is 5.82. The van der Waals surface area contributed by atoms with Crippen LogP contribution in [-0.2, 0) is 14.6 Å². The summed E-state index contributed by atoms with van der Waals surface area (Å²) >= 11 is 0. The van der Waals surface area contributed by atoms with Gasteiger partial charge in [-0.1, -0.05) is 12.1 Å². The van der Waals surface area contributed by atoms with Crippen LogP contribution in [0.3, 0.4) is 0 Å². The summed E-state index contributed by atoms with van der Waals surface area (Å²) in [5.41, 5.74) is 1.49. The molecular formula is C31H30F3N3O4S. The van der Waals surface area contributed by atoms with Crippen LogP contribution in [0.2, 0.25) is 0 Å². The van der Waals surface area contributed by atoms with E-state index in [4.69, 9.17) is 4.42 Å². The van der Waals surface area contributed by atoms with Crippen LogP contribution in [0, 0.1) is 28.5 Å². The molecule has 11 heteroatoms. The lowest BCUT2D eigenvalue weighted by atomic mass is 9.72. The number of sulfone groups is 1. The number of nitrogens with zero attached hydrogens (tertiary/aromatic N) is 3. The fourth-order valence-electron chi connectivity index (χ4n) is 6.05. The van der Waals surface area contributed by atoms with Crippen LogP contribution < -0.4 is 4.90 Å². The minimum Gasteiger partial charge on any atom is -0.440 e. The van der Waals surface area contributed by atoms with Gasteiger partial charge in [-0.15, -0.1) is 0 Å². The summed E-state index contributed by atoms with van der Waals surface area (Å²) in [4.78, 5) is 20.1. The Morgan fingerprint density at radius 2 is 1.67 bits per heavy atom. The number of hydrogen-bond donors (Lipinski definition) is 0. The second-order valence-corrected chi connectivity index (χ2v) is 14.1. The highest BCUT2D eigenvalue weighted by Gasteiger charge is 2.51. The number of aromatic nitrogens is 1. The number of carbonyl (C=O) groups is 1. The van der Waals surface area contributed by atoms with Crippen molar-refractivity contribution in [1.82, 2.24) is 4.98 Å². The smallest absolute Gasteiger partial charge is 0.248 e. The van der Waals surface area contributed by atoms with Crippen LogP contribution in [0.25, 0.3) is 22.7 Å². The van der Waals surface area contributed by atoms with Crippen molar-refractivity contribution in [1.29, 1.82) is 5.26 Å².